The maximum atomic E-state index is 13.2. The van der Waals surface area contributed by atoms with Crippen LogP contribution in [0.3, 0.4) is 0 Å². The number of rotatable bonds is 5. The van der Waals surface area contributed by atoms with Crippen LogP contribution in [0.15, 0.2) is 41.0 Å². The molecule has 2 rings (SSSR count). The van der Waals surface area contributed by atoms with Gasteiger partial charge in [-0.15, -0.1) is 0 Å². The number of hydrogen-bond acceptors (Lipinski definition) is 3. The molecular formula is C14H17FN2O. The highest BCUT2D eigenvalue weighted by Gasteiger charge is 2.09. The smallest absolute Gasteiger partial charge is 0.123 e. The minimum atomic E-state index is -0.256. The van der Waals surface area contributed by atoms with Crippen molar-refractivity contribution in [1.29, 1.82) is 0 Å². The highest BCUT2D eigenvalue weighted by Crippen LogP contribution is 2.17. The molecule has 4 heteroatoms. The van der Waals surface area contributed by atoms with Gasteiger partial charge in [0.15, 0.2) is 0 Å². The molecule has 3 nitrogen and oxygen atoms in total. The number of halogens is 1. The molecule has 18 heavy (non-hydrogen) atoms. The van der Waals surface area contributed by atoms with Crippen LogP contribution in [0, 0.1) is 5.82 Å². The van der Waals surface area contributed by atoms with Crippen molar-refractivity contribution in [3.8, 4) is 0 Å². The normalized spacial score (nSPS) is 11.1. The molecule has 0 spiro atoms. The topological polar surface area (TPSA) is 42.4 Å². The van der Waals surface area contributed by atoms with Gasteiger partial charge >= 0.3 is 0 Å². The summed E-state index contributed by atoms with van der Waals surface area (Å²) in [6.07, 6.45) is 1.65. The van der Waals surface area contributed by atoms with Crippen LogP contribution in [0.25, 0.3) is 0 Å². The summed E-state index contributed by atoms with van der Waals surface area (Å²) >= 11 is 0. The van der Waals surface area contributed by atoms with E-state index in [1.165, 1.54) is 12.1 Å². The van der Waals surface area contributed by atoms with Crippen molar-refractivity contribution in [3.05, 3.63) is 53.7 Å². The lowest BCUT2D eigenvalue weighted by molar-refractivity contribution is 0.248. The Morgan fingerprint density at radius 2 is 2.11 bits per heavy atom. The lowest BCUT2D eigenvalue weighted by Gasteiger charge is -2.20. The Balaban J connectivity index is 2.07. The third-order valence-electron chi connectivity index (χ3n) is 2.91. The molecule has 2 aromatic rings. The molecule has 0 radical (unpaired) electrons. The summed E-state index contributed by atoms with van der Waals surface area (Å²) in [6, 6.07) is 8.25. The third kappa shape index (κ3) is 3.11. The summed E-state index contributed by atoms with van der Waals surface area (Å²) in [7, 11) is 0. The van der Waals surface area contributed by atoms with Gasteiger partial charge in [-0.25, -0.2) is 4.39 Å². The molecule has 0 atom stereocenters. The Labute approximate surface area is 106 Å². The number of benzene rings is 1. The first kappa shape index (κ1) is 12.6. The van der Waals surface area contributed by atoms with Crippen molar-refractivity contribution in [2.24, 2.45) is 0 Å². The van der Waals surface area contributed by atoms with Crippen LogP contribution in [-0.2, 0) is 13.1 Å². The standard InChI is InChI=1S/C14H17FN2O/c1-2-17(10-13-4-3-7-18-13)9-11-8-12(15)5-6-14(11)16/h3-8H,2,9-10,16H2,1H3. The van der Waals surface area contributed by atoms with Crippen LogP contribution in [-0.4, -0.2) is 11.4 Å². The fourth-order valence-corrected chi connectivity index (χ4v) is 1.85. The first-order valence-corrected chi connectivity index (χ1v) is 5.97. The molecule has 0 unspecified atom stereocenters. The van der Waals surface area contributed by atoms with E-state index >= 15 is 0 Å². The predicted molar refractivity (Wildman–Crippen MR) is 69.3 cm³/mol. The van der Waals surface area contributed by atoms with E-state index in [0.29, 0.717) is 18.8 Å². The van der Waals surface area contributed by atoms with Gasteiger partial charge in [0.05, 0.1) is 12.8 Å². The van der Waals surface area contributed by atoms with Gasteiger partial charge < -0.3 is 10.2 Å². The molecule has 0 saturated heterocycles. The molecule has 2 N–H and O–H groups in total. The van der Waals surface area contributed by atoms with Gasteiger partial charge in [0.25, 0.3) is 0 Å². The second-order valence-electron chi connectivity index (χ2n) is 4.23. The van der Waals surface area contributed by atoms with Gasteiger partial charge in [-0.1, -0.05) is 6.92 Å². The Hall–Kier alpha value is -1.81. The van der Waals surface area contributed by atoms with Gasteiger partial charge in [0.2, 0.25) is 0 Å². The lowest BCUT2D eigenvalue weighted by Crippen LogP contribution is -2.22. The molecule has 1 heterocycles. The quantitative estimate of drug-likeness (QED) is 0.827. The fourth-order valence-electron chi connectivity index (χ4n) is 1.85. The molecule has 0 amide bonds. The van der Waals surface area contributed by atoms with E-state index in [1.807, 2.05) is 12.1 Å². The minimum Gasteiger partial charge on any atom is -0.468 e. The molecule has 0 aliphatic rings. The zero-order valence-corrected chi connectivity index (χ0v) is 10.4. The largest absolute Gasteiger partial charge is 0.468 e. The van der Waals surface area contributed by atoms with Crippen molar-refractivity contribution in [2.45, 2.75) is 20.0 Å². The highest BCUT2D eigenvalue weighted by atomic mass is 19.1. The molecule has 0 saturated carbocycles. The number of anilines is 1. The molecule has 0 fully saturated rings. The van der Waals surface area contributed by atoms with E-state index in [-0.39, 0.29) is 5.82 Å². The lowest BCUT2D eigenvalue weighted by atomic mass is 10.1. The van der Waals surface area contributed by atoms with Crippen LogP contribution in [0.5, 0.6) is 0 Å². The zero-order chi connectivity index (χ0) is 13.0. The Bertz CT molecular complexity index is 497. The van der Waals surface area contributed by atoms with E-state index in [2.05, 4.69) is 11.8 Å². The summed E-state index contributed by atoms with van der Waals surface area (Å²) in [6.45, 7) is 4.20. The van der Waals surface area contributed by atoms with Crippen LogP contribution in [0.1, 0.15) is 18.2 Å². The summed E-state index contributed by atoms with van der Waals surface area (Å²) < 4.78 is 18.5. The number of nitrogens with zero attached hydrogens (tertiary/aromatic N) is 1. The van der Waals surface area contributed by atoms with Gasteiger partial charge in [0, 0.05) is 12.2 Å². The summed E-state index contributed by atoms with van der Waals surface area (Å²) in [4.78, 5) is 2.14. The monoisotopic (exact) mass is 248 g/mol. The van der Waals surface area contributed by atoms with E-state index < -0.39 is 0 Å². The average molecular weight is 248 g/mol. The SMILES string of the molecule is CCN(Cc1ccco1)Cc1cc(F)ccc1N. The number of nitrogen functional groups attached to an aromatic ring is 1. The molecule has 0 aliphatic carbocycles. The minimum absolute atomic E-state index is 0.256. The number of hydrogen-bond donors (Lipinski definition) is 1. The molecule has 1 aromatic heterocycles. The molecule has 1 aromatic carbocycles. The van der Waals surface area contributed by atoms with Gasteiger partial charge in [-0.05, 0) is 42.4 Å². The van der Waals surface area contributed by atoms with E-state index in [0.717, 1.165) is 17.9 Å². The second-order valence-corrected chi connectivity index (χ2v) is 4.23. The molecular weight excluding hydrogens is 231 g/mol. The average Bonchev–Trinajstić information content (AvgIpc) is 2.85. The van der Waals surface area contributed by atoms with Crippen LogP contribution in [0.4, 0.5) is 10.1 Å². The summed E-state index contributed by atoms with van der Waals surface area (Å²) in [5.74, 6) is 0.639. The van der Waals surface area contributed by atoms with Crippen LogP contribution < -0.4 is 5.73 Å². The van der Waals surface area contributed by atoms with Crippen LogP contribution >= 0.6 is 0 Å². The molecule has 96 valence electrons. The maximum absolute atomic E-state index is 13.2. The summed E-state index contributed by atoms with van der Waals surface area (Å²) in [5.41, 5.74) is 7.28. The first-order valence-electron chi connectivity index (χ1n) is 5.97. The van der Waals surface area contributed by atoms with Crippen LogP contribution in [0.2, 0.25) is 0 Å². The first-order chi connectivity index (χ1) is 8.69. The third-order valence-corrected chi connectivity index (χ3v) is 2.91. The Morgan fingerprint density at radius 1 is 1.28 bits per heavy atom. The highest BCUT2D eigenvalue weighted by molar-refractivity contribution is 5.46. The fraction of sp³-hybridized carbons (Fsp3) is 0.286. The van der Waals surface area contributed by atoms with Crippen molar-refractivity contribution in [3.63, 3.8) is 0 Å². The Kier molecular flexibility index (Phi) is 3.99. The zero-order valence-electron chi connectivity index (χ0n) is 10.4. The summed E-state index contributed by atoms with van der Waals surface area (Å²) in [5, 5.41) is 0. The van der Waals surface area contributed by atoms with Crippen molar-refractivity contribution < 1.29 is 8.81 Å². The number of furan rings is 1. The van der Waals surface area contributed by atoms with E-state index in [9.17, 15) is 4.39 Å². The second kappa shape index (κ2) is 5.69. The predicted octanol–water partition coefficient (Wildman–Crippen LogP) is 3.02. The van der Waals surface area contributed by atoms with Gasteiger partial charge in [-0.2, -0.15) is 0 Å². The Morgan fingerprint density at radius 3 is 2.78 bits per heavy atom. The molecule has 0 aliphatic heterocycles. The van der Waals surface area contributed by atoms with Crippen molar-refractivity contribution in [1.82, 2.24) is 4.90 Å². The van der Waals surface area contributed by atoms with E-state index in [4.69, 9.17) is 10.2 Å². The molecule has 0 bridgehead atoms. The number of nitrogens with two attached hydrogens (primary N) is 1. The van der Waals surface area contributed by atoms with Crippen molar-refractivity contribution in [2.75, 3.05) is 12.3 Å². The van der Waals surface area contributed by atoms with Gasteiger partial charge in [0.1, 0.15) is 11.6 Å². The maximum Gasteiger partial charge on any atom is 0.123 e. The van der Waals surface area contributed by atoms with Gasteiger partial charge in [-0.3, -0.25) is 4.90 Å². The van der Waals surface area contributed by atoms with Crippen molar-refractivity contribution >= 4 is 5.69 Å². The van der Waals surface area contributed by atoms with E-state index in [1.54, 1.807) is 12.3 Å².